The number of halogens is 2. The summed E-state index contributed by atoms with van der Waals surface area (Å²) in [5.41, 5.74) is 12.1. The maximum absolute atomic E-state index is 12.0. The van der Waals surface area contributed by atoms with Gasteiger partial charge in [-0.05, 0) is 17.2 Å². The quantitative estimate of drug-likeness (QED) is 0.651. The van der Waals surface area contributed by atoms with Crippen LogP contribution in [0, 0.1) is 0 Å². The van der Waals surface area contributed by atoms with Crippen molar-refractivity contribution in [1.29, 1.82) is 0 Å². The largest absolute Gasteiger partial charge is 0.404 e. The number of nitrogens with one attached hydrogen (secondary N) is 1. The van der Waals surface area contributed by atoms with Crippen molar-refractivity contribution < 1.29 is 9.59 Å². The van der Waals surface area contributed by atoms with Crippen molar-refractivity contribution in [2.24, 2.45) is 11.5 Å². The van der Waals surface area contributed by atoms with Gasteiger partial charge in [0.25, 0.3) is 5.91 Å². The summed E-state index contributed by atoms with van der Waals surface area (Å²) in [7, 11) is 0. The smallest absolute Gasteiger partial charge is 0.257 e. The number of hydrogen-bond acceptors (Lipinski definition) is 5. The molecule has 1 aromatic carbocycles. The van der Waals surface area contributed by atoms with E-state index in [1.807, 2.05) is 6.07 Å². The molecule has 9 heteroatoms. The molecule has 0 aliphatic rings. The van der Waals surface area contributed by atoms with Gasteiger partial charge in [0.15, 0.2) is 5.82 Å². The van der Waals surface area contributed by atoms with Crippen molar-refractivity contribution in [2.45, 2.75) is 6.42 Å². The third-order valence-corrected chi connectivity index (χ3v) is 4.06. The number of hydrogen-bond donors (Lipinski definition) is 3. The number of carbonyl (C=O) groups excluding carboxylic acids is 2. The Labute approximate surface area is 154 Å². The summed E-state index contributed by atoms with van der Waals surface area (Å²) in [4.78, 5) is 31.0. The van der Waals surface area contributed by atoms with Crippen LogP contribution in [0.15, 0.2) is 36.8 Å². The third kappa shape index (κ3) is 4.91. The minimum absolute atomic E-state index is 0.0357. The molecule has 0 saturated carbocycles. The van der Waals surface area contributed by atoms with Crippen LogP contribution in [0.2, 0.25) is 10.0 Å². The average molecular weight is 380 g/mol. The molecule has 0 bridgehead atoms. The van der Waals surface area contributed by atoms with Crippen LogP contribution in [-0.2, 0) is 16.0 Å². The number of benzene rings is 1. The van der Waals surface area contributed by atoms with Gasteiger partial charge in [-0.25, -0.2) is 9.97 Å². The van der Waals surface area contributed by atoms with Crippen LogP contribution in [0.3, 0.4) is 0 Å². The van der Waals surface area contributed by atoms with Crippen LogP contribution >= 0.6 is 23.2 Å². The first-order valence-electron chi connectivity index (χ1n) is 7.15. The van der Waals surface area contributed by atoms with Crippen LogP contribution in [0.5, 0.6) is 0 Å². The molecule has 5 N–H and O–H groups in total. The van der Waals surface area contributed by atoms with Gasteiger partial charge in [0.1, 0.15) is 0 Å². The Bertz CT molecular complexity index is 822. The topological polar surface area (TPSA) is 124 Å². The molecular weight excluding hydrogens is 365 g/mol. The summed E-state index contributed by atoms with van der Waals surface area (Å²) in [5, 5.41) is 3.27. The van der Waals surface area contributed by atoms with Gasteiger partial charge in [0, 0.05) is 25.0 Å². The second-order valence-corrected chi connectivity index (χ2v) is 5.82. The van der Waals surface area contributed by atoms with E-state index in [1.54, 1.807) is 24.5 Å². The van der Waals surface area contributed by atoms with Gasteiger partial charge in [-0.15, -0.1) is 0 Å². The molecule has 0 fully saturated rings. The highest BCUT2D eigenvalue weighted by molar-refractivity contribution is 6.42. The molecule has 1 heterocycles. The van der Waals surface area contributed by atoms with E-state index in [-0.39, 0.29) is 17.9 Å². The number of nitrogens with zero attached hydrogens (tertiary/aromatic N) is 2. The van der Waals surface area contributed by atoms with E-state index in [0.29, 0.717) is 16.5 Å². The molecule has 2 rings (SSSR count). The predicted molar refractivity (Wildman–Crippen MR) is 95.7 cm³/mol. The highest BCUT2D eigenvalue weighted by Gasteiger charge is 2.15. The first-order chi connectivity index (χ1) is 11.9. The molecule has 1 aromatic heterocycles. The second kappa shape index (κ2) is 8.46. The van der Waals surface area contributed by atoms with Crippen molar-refractivity contribution in [2.75, 3.05) is 6.54 Å². The molecule has 0 atom stereocenters. The zero-order valence-corrected chi connectivity index (χ0v) is 14.5. The summed E-state index contributed by atoms with van der Waals surface area (Å²) < 4.78 is 0. The average Bonchev–Trinajstić information content (AvgIpc) is 2.59. The Morgan fingerprint density at radius 1 is 1.20 bits per heavy atom. The van der Waals surface area contributed by atoms with Crippen LogP contribution in [-0.4, -0.2) is 28.3 Å². The number of rotatable bonds is 6. The normalized spacial score (nSPS) is 11.2. The lowest BCUT2D eigenvalue weighted by atomic mass is 10.1. The van der Waals surface area contributed by atoms with Crippen molar-refractivity contribution in [1.82, 2.24) is 15.3 Å². The Morgan fingerprint density at radius 3 is 2.48 bits per heavy atom. The number of carbonyl (C=O) groups is 2. The molecule has 0 aliphatic heterocycles. The van der Waals surface area contributed by atoms with E-state index < -0.39 is 11.8 Å². The minimum atomic E-state index is -0.667. The molecule has 7 nitrogen and oxygen atoms in total. The fourth-order valence-electron chi connectivity index (χ4n) is 2.00. The van der Waals surface area contributed by atoms with E-state index in [1.165, 1.54) is 0 Å². The van der Waals surface area contributed by atoms with Gasteiger partial charge in [-0.1, -0.05) is 35.3 Å². The molecular formula is C16H15Cl2N5O2. The highest BCUT2D eigenvalue weighted by Crippen LogP contribution is 2.27. The third-order valence-electron chi connectivity index (χ3n) is 3.21. The Morgan fingerprint density at radius 2 is 1.88 bits per heavy atom. The summed E-state index contributed by atoms with van der Waals surface area (Å²) in [6.45, 7) is -0.304. The Kier molecular flexibility index (Phi) is 6.32. The summed E-state index contributed by atoms with van der Waals surface area (Å²) in [5.74, 6) is -1.13. The van der Waals surface area contributed by atoms with Crippen molar-refractivity contribution >= 4 is 40.6 Å². The van der Waals surface area contributed by atoms with Gasteiger partial charge in [-0.3, -0.25) is 9.59 Å². The lowest BCUT2D eigenvalue weighted by molar-refractivity contribution is -0.121. The molecule has 2 aromatic rings. The standard InChI is InChI=1S/C16H15Cl2N5O2/c17-12-3-1-2-10(14(12)18)4-9-6-21-15(22-7-9)11(5-19)16(25)23-8-13(20)24/h1-3,5-7H,4,8,19H2,(H2,20,24)(H,23,25)/b11-5+. The molecule has 2 amide bonds. The van der Waals surface area contributed by atoms with Crippen molar-refractivity contribution in [3.63, 3.8) is 0 Å². The number of aromatic nitrogens is 2. The number of primary amides is 1. The molecule has 0 radical (unpaired) electrons. The molecule has 0 spiro atoms. The number of amides is 2. The molecule has 0 aliphatic carbocycles. The molecule has 0 saturated heterocycles. The van der Waals surface area contributed by atoms with Gasteiger partial charge >= 0.3 is 0 Å². The van der Waals surface area contributed by atoms with E-state index in [9.17, 15) is 9.59 Å². The molecule has 130 valence electrons. The zero-order valence-electron chi connectivity index (χ0n) is 13.0. The van der Waals surface area contributed by atoms with Crippen LogP contribution in [0.25, 0.3) is 5.57 Å². The van der Waals surface area contributed by atoms with Gasteiger partial charge in [-0.2, -0.15) is 0 Å². The minimum Gasteiger partial charge on any atom is -0.404 e. The van der Waals surface area contributed by atoms with Crippen molar-refractivity contribution in [3.8, 4) is 0 Å². The van der Waals surface area contributed by atoms with Crippen LogP contribution < -0.4 is 16.8 Å². The summed E-state index contributed by atoms with van der Waals surface area (Å²) in [6.07, 6.45) is 4.67. The van der Waals surface area contributed by atoms with Crippen molar-refractivity contribution in [3.05, 3.63) is 63.8 Å². The first-order valence-corrected chi connectivity index (χ1v) is 7.90. The van der Waals surface area contributed by atoms with Gasteiger partial charge < -0.3 is 16.8 Å². The Hall–Kier alpha value is -2.64. The molecule has 25 heavy (non-hydrogen) atoms. The lowest BCUT2D eigenvalue weighted by Crippen LogP contribution is -2.34. The Balaban J connectivity index is 2.14. The maximum atomic E-state index is 12.0. The molecule has 0 unspecified atom stereocenters. The highest BCUT2D eigenvalue weighted by atomic mass is 35.5. The summed E-state index contributed by atoms with van der Waals surface area (Å²) >= 11 is 12.2. The van der Waals surface area contributed by atoms with Gasteiger partial charge in [0.2, 0.25) is 5.91 Å². The van der Waals surface area contributed by atoms with E-state index in [2.05, 4.69) is 15.3 Å². The fourth-order valence-corrected chi connectivity index (χ4v) is 2.39. The first kappa shape index (κ1) is 18.7. The fraction of sp³-hybridized carbons (Fsp3) is 0.125. The van der Waals surface area contributed by atoms with Crippen LogP contribution in [0.1, 0.15) is 17.0 Å². The van der Waals surface area contributed by atoms with E-state index in [4.69, 9.17) is 34.7 Å². The van der Waals surface area contributed by atoms with Crippen LogP contribution in [0.4, 0.5) is 0 Å². The van der Waals surface area contributed by atoms with E-state index >= 15 is 0 Å². The second-order valence-electron chi connectivity index (χ2n) is 5.03. The zero-order chi connectivity index (χ0) is 18.4. The summed E-state index contributed by atoms with van der Waals surface area (Å²) in [6, 6.07) is 5.36. The monoisotopic (exact) mass is 379 g/mol. The van der Waals surface area contributed by atoms with E-state index in [0.717, 1.165) is 17.3 Å². The lowest BCUT2D eigenvalue weighted by Gasteiger charge is -2.08. The maximum Gasteiger partial charge on any atom is 0.257 e. The SMILES string of the molecule is N/C=C(/C(=O)NCC(N)=O)c1ncc(Cc2cccc(Cl)c2Cl)cn1. The predicted octanol–water partition coefficient (Wildman–Crippen LogP) is 1.28. The number of nitrogens with two attached hydrogens (primary N) is 2. The van der Waals surface area contributed by atoms with Gasteiger partial charge in [0.05, 0.1) is 22.2 Å².